The molecule has 122 valence electrons. The lowest BCUT2D eigenvalue weighted by atomic mass is 10.1. The Bertz CT molecular complexity index is 646. The molecule has 0 aliphatic carbocycles. The van der Waals surface area contributed by atoms with Crippen LogP contribution in [-0.2, 0) is 11.3 Å². The molecule has 0 radical (unpaired) electrons. The number of amides is 1. The van der Waals surface area contributed by atoms with E-state index in [-0.39, 0.29) is 11.8 Å². The molecule has 2 aromatic rings. The van der Waals surface area contributed by atoms with Crippen LogP contribution in [0.1, 0.15) is 19.7 Å². The highest BCUT2D eigenvalue weighted by atomic mass is 16.5. The average Bonchev–Trinajstić information content (AvgIpc) is 3.04. The molecule has 0 N–H and O–H groups in total. The molecule has 1 aliphatic rings. The molecule has 6 heteroatoms. The first-order valence-electron chi connectivity index (χ1n) is 8.02. The zero-order valence-corrected chi connectivity index (χ0v) is 13.6. The summed E-state index contributed by atoms with van der Waals surface area (Å²) < 4.78 is 5.35. The van der Waals surface area contributed by atoms with E-state index < -0.39 is 0 Å². The van der Waals surface area contributed by atoms with Crippen LogP contribution in [0.3, 0.4) is 0 Å². The first kappa shape index (κ1) is 15.7. The first-order chi connectivity index (χ1) is 11.1. The van der Waals surface area contributed by atoms with Crippen molar-refractivity contribution < 1.29 is 9.32 Å². The summed E-state index contributed by atoms with van der Waals surface area (Å²) in [4.78, 5) is 20.6. The van der Waals surface area contributed by atoms with Gasteiger partial charge in [-0.2, -0.15) is 4.98 Å². The molecule has 23 heavy (non-hydrogen) atoms. The number of benzene rings is 1. The summed E-state index contributed by atoms with van der Waals surface area (Å²) in [5.41, 5.74) is 0.954. The lowest BCUT2D eigenvalue weighted by molar-refractivity contribution is -0.136. The van der Waals surface area contributed by atoms with Crippen LogP contribution in [-0.4, -0.2) is 52.0 Å². The van der Waals surface area contributed by atoms with Gasteiger partial charge in [0, 0.05) is 37.7 Å². The van der Waals surface area contributed by atoms with Crippen molar-refractivity contribution in [2.75, 3.05) is 26.2 Å². The highest BCUT2D eigenvalue weighted by Gasteiger charge is 2.23. The minimum atomic E-state index is 0.0610. The molecule has 1 aromatic carbocycles. The molecule has 1 fully saturated rings. The van der Waals surface area contributed by atoms with E-state index in [1.807, 2.05) is 49.1 Å². The monoisotopic (exact) mass is 314 g/mol. The van der Waals surface area contributed by atoms with E-state index in [4.69, 9.17) is 4.52 Å². The van der Waals surface area contributed by atoms with Gasteiger partial charge in [0.1, 0.15) is 0 Å². The number of aromatic nitrogens is 2. The van der Waals surface area contributed by atoms with Gasteiger partial charge in [-0.3, -0.25) is 9.69 Å². The number of carbonyl (C=O) groups excluding carboxylic acids is 1. The number of nitrogens with zero attached hydrogens (tertiary/aromatic N) is 4. The van der Waals surface area contributed by atoms with E-state index in [2.05, 4.69) is 15.0 Å². The molecule has 1 amide bonds. The number of rotatable bonds is 4. The molecule has 0 saturated carbocycles. The van der Waals surface area contributed by atoms with Crippen molar-refractivity contribution in [2.24, 2.45) is 5.92 Å². The summed E-state index contributed by atoms with van der Waals surface area (Å²) in [6.07, 6.45) is 0. The van der Waals surface area contributed by atoms with Crippen LogP contribution >= 0.6 is 0 Å². The van der Waals surface area contributed by atoms with Crippen molar-refractivity contribution >= 4 is 5.91 Å². The van der Waals surface area contributed by atoms with E-state index in [0.29, 0.717) is 18.3 Å². The third-order valence-electron chi connectivity index (χ3n) is 4.04. The Labute approximate surface area is 136 Å². The third kappa shape index (κ3) is 3.76. The lowest BCUT2D eigenvalue weighted by Crippen LogP contribution is -2.49. The molecule has 0 bridgehead atoms. The van der Waals surface area contributed by atoms with Gasteiger partial charge in [0.25, 0.3) is 0 Å². The highest BCUT2D eigenvalue weighted by molar-refractivity contribution is 5.78. The minimum absolute atomic E-state index is 0.0610. The van der Waals surface area contributed by atoms with E-state index in [9.17, 15) is 4.79 Å². The van der Waals surface area contributed by atoms with Gasteiger partial charge < -0.3 is 9.42 Å². The Morgan fingerprint density at radius 2 is 1.87 bits per heavy atom. The van der Waals surface area contributed by atoms with Crippen LogP contribution < -0.4 is 0 Å². The van der Waals surface area contributed by atoms with E-state index >= 15 is 0 Å². The second-order valence-corrected chi connectivity index (χ2v) is 6.13. The van der Waals surface area contributed by atoms with Gasteiger partial charge >= 0.3 is 0 Å². The van der Waals surface area contributed by atoms with Gasteiger partial charge in [0.15, 0.2) is 0 Å². The van der Waals surface area contributed by atoms with Crippen molar-refractivity contribution in [1.29, 1.82) is 0 Å². The van der Waals surface area contributed by atoms with Crippen molar-refractivity contribution in [2.45, 2.75) is 20.4 Å². The van der Waals surface area contributed by atoms with Crippen LogP contribution in [0.4, 0.5) is 0 Å². The molecule has 6 nitrogen and oxygen atoms in total. The Kier molecular flexibility index (Phi) is 4.71. The summed E-state index contributed by atoms with van der Waals surface area (Å²) in [5.74, 6) is 1.53. The fraction of sp³-hybridized carbons (Fsp3) is 0.471. The molecule has 1 saturated heterocycles. The Morgan fingerprint density at radius 1 is 1.17 bits per heavy atom. The number of piperazine rings is 1. The van der Waals surface area contributed by atoms with Crippen molar-refractivity contribution in [1.82, 2.24) is 19.9 Å². The quantitative estimate of drug-likeness (QED) is 0.864. The predicted molar refractivity (Wildman–Crippen MR) is 86.4 cm³/mol. The molecule has 2 heterocycles. The largest absolute Gasteiger partial charge is 0.340 e. The van der Waals surface area contributed by atoms with Gasteiger partial charge in [-0.1, -0.05) is 49.3 Å². The Balaban J connectivity index is 1.55. The summed E-state index contributed by atoms with van der Waals surface area (Å²) in [7, 11) is 0. The lowest BCUT2D eigenvalue weighted by Gasteiger charge is -2.34. The van der Waals surface area contributed by atoms with Gasteiger partial charge in [-0.05, 0) is 0 Å². The first-order valence-corrected chi connectivity index (χ1v) is 8.02. The standard InChI is InChI=1S/C17H22N4O2/c1-13(2)17(22)21-10-8-20(9-11-21)12-15-18-16(19-23-15)14-6-4-3-5-7-14/h3-7,13H,8-12H2,1-2H3. The molecular weight excluding hydrogens is 292 g/mol. The van der Waals surface area contributed by atoms with Gasteiger partial charge in [-0.25, -0.2) is 0 Å². The van der Waals surface area contributed by atoms with E-state index in [0.717, 1.165) is 31.7 Å². The van der Waals surface area contributed by atoms with Crippen LogP contribution in [0.15, 0.2) is 34.9 Å². The molecule has 0 atom stereocenters. The maximum Gasteiger partial charge on any atom is 0.241 e. The van der Waals surface area contributed by atoms with Crippen molar-refractivity contribution in [3.63, 3.8) is 0 Å². The molecule has 1 aromatic heterocycles. The van der Waals surface area contributed by atoms with Gasteiger partial charge in [0.2, 0.25) is 17.6 Å². The number of hydrogen-bond acceptors (Lipinski definition) is 5. The summed E-state index contributed by atoms with van der Waals surface area (Å²) >= 11 is 0. The van der Waals surface area contributed by atoms with Crippen LogP contribution in [0.5, 0.6) is 0 Å². The fourth-order valence-corrected chi connectivity index (χ4v) is 2.71. The molecule has 3 rings (SSSR count). The smallest absolute Gasteiger partial charge is 0.241 e. The van der Waals surface area contributed by atoms with E-state index in [1.54, 1.807) is 0 Å². The molecule has 1 aliphatic heterocycles. The molecular formula is C17H22N4O2. The summed E-state index contributed by atoms with van der Waals surface area (Å²) in [6.45, 7) is 7.70. The van der Waals surface area contributed by atoms with Crippen LogP contribution in [0, 0.1) is 5.92 Å². The SMILES string of the molecule is CC(C)C(=O)N1CCN(Cc2nc(-c3ccccc3)no2)CC1. The summed E-state index contributed by atoms with van der Waals surface area (Å²) in [5, 5.41) is 4.04. The third-order valence-corrected chi connectivity index (χ3v) is 4.04. The van der Waals surface area contributed by atoms with Crippen LogP contribution in [0.25, 0.3) is 11.4 Å². The van der Waals surface area contributed by atoms with Crippen LogP contribution in [0.2, 0.25) is 0 Å². The zero-order valence-electron chi connectivity index (χ0n) is 13.6. The zero-order chi connectivity index (χ0) is 16.2. The topological polar surface area (TPSA) is 62.5 Å². The Morgan fingerprint density at radius 3 is 2.52 bits per heavy atom. The van der Waals surface area contributed by atoms with Gasteiger partial charge in [-0.15, -0.1) is 0 Å². The number of hydrogen-bond donors (Lipinski definition) is 0. The van der Waals surface area contributed by atoms with Crippen molar-refractivity contribution in [3.8, 4) is 11.4 Å². The number of carbonyl (C=O) groups is 1. The maximum atomic E-state index is 12.0. The Hall–Kier alpha value is -2.21. The summed E-state index contributed by atoms with van der Waals surface area (Å²) in [6, 6.07) is 9.80. The average molecular weight is 314 g/mol. The predicted octanol–water partition coefficient (Wildman–Crippen LogP) is 2.04. The molecule has 0 spiro atoms. The second-order valence-electron chi connectivity index (χ2n) is 6.13. The van der Waals surface area contributed by atoms with Crippen molar-refractivity contribution in [3.05, 3.63) is 36.2 Å². The highest BCUT2D eigenvalue weighted by Crippen LogP contribution is 2.16. The maximum absolute atomic E-state index is 12.0. The van der Waals surface area contributed by atoms with E-state index in [1.165, 1.54) is 0 Å². The van der Waals surface area contributed by atoms with Gasteiger partial charge in [0.05, 0.1) is 6.54 Å². The fourth-order valence-electron chi connectivity index (χ4n) is 2.71. The molecule has 0 unspecified atom stereocenters. The minimum Gasteiger partial charge on any atom is -0.340 e. The second kappa shape index (κ2) is 6.91. The normalized spacial score (nSPS) is 16.0.